The summed E-state index contributed by atoms with van der Waals surface area (Å²) in [7, 11) is 0. The molecule has 24 valence electrons. The van der Waals surface area contributed by atoms with Gasteiger partial charge in [-0.3, -0.25) is 0 Å². The van der Waals surface area contributed by atoms with E-state index < -0.39 is 0 Å². The Morgan fingerprint density at radius 2 is 1.25 bits per heavy atom. The quantitative estimate of drug-likeness (QED) is 0.281. The average Bonchev–Trinajstić information content (AvgIpc) is 0. The summed E-state index contributed by atoms with van der Waals surface area (Å²) in [5.41, 5.74) is 0. The summed E-state index contributed by atoms with van der Waals surface area (Å²) in [5.74, 6) is 0. The second-order valence-electron chi connectivity index (χ2n) is 0. The number of hydrogen-bond acceptors (Lipinski definition) is 0. The van der Waals surface area contributed by atoms with Crippen LogP contribution in [0.25, 0.3) is 0 Å². The van der Waals surface area contributed by atoms with E-state index in [0.29, 0.717) is 0 Å². The van der Waals surface area contributed by atoms with Crippen molar-refractivity contribution < 1.29 is 5.71 Å². The minimum atomic E-state index is 0. The molecule has 0 aliphatic heterocycles. The molecule has 0 atom stereocenters. The van der Waals surface area contributed by atoms with E-state index in [4.69, 9.17) is 0 Å². The molecule has 0 rings (SSSR count). The largest absolute Gasteiger partial charge is 2.00 e. The molecule has 0 N–H and O–H groups in total. The van der Waals surface area contributed by atoms with Crippen LogP contribution in [-0.4, -0.2) is 137 Å². The van der Waals surface area contributed by atoms with Crippen LogP contribution in [0.3, 0.4) is 0 Å². The van der Waals surface area contributed by atoms with E-state index in [0.717, 1.165) is 0 Å². The van der Waals surface area contributed by atoms with E-state index in [-0.39, 0.29) is 142 Å². The summed E-state index contributed by atoms with van der Waals surface area (Å²) in [6.07, 6.45) is 0. The van der Waals surface area contributed by atoms with E-state index in [1.165, 1.54) is 0 Å². The van der Waals surface area contributed by atoms with E-state index in [2.05, 4.69) is 0 Å². The van der Waals surface area contributed by atoms with Crippen molar-refractivity contribution >= 4 is 137 Å². The number of hydrogen-bond donors (Lipinski definition) is 0. The third-order valence-corrected chi connectivity index (χ3v) is 0. The number of rotatable bonds is 0. The fourth-order valence-corrected chi connectivity index (χ4v) is 0. The molecule has 0 unspecified atom stereocenters. The van der Waals surface area contributed by atoms with Crippen molar-refractivity contribution in [3.05, 3.63) is 0 Å². The molecule has 4 heavy (non-hydrogen) atoms. The molecular weight excluding hydrogens is 544 g/mol. The Kier molecular flexibility index (Phi) is 92.1. The van der Waals surface area contributed by atoms with Gasteiger partial charge in [0.05, 0.1) is 0 Å². The zero-order chi connectivity index (χ0) is 0. The minimum Gasteiger partial charge on any atom is 2.00 e. The maximum atomic E-state index is 0. The zero-order valence-electron chi connectivity index (χ0n) is 6.12. The van der Waals surface area contributed by atoms with Gasteiger partial charge in [0.1, 0.15) is 0 Å². The third kappa shape index (κ3) is 9.74. The van der Waals surface area contributed by atoms with Crippen LogP contribution in [0.5, 0.6) is 0 Å². The predicted molar refractivity (Wildman–Crippen MR) is 37.2 cm³/mol. The molecular formula is H11BiCaPbSr. The van der Waals surface area contributed by atoms with Crippen molar-refractivity contribution in [1.82, 2.24) is 0 Å². The van der Waals surface area contributed by atoms with Crippen molar-refractivity contribution in [2.75, 3.05) is 0 Å². The normalized spacial score (nSPS) is 0. The van der Waals surface area contributed by atoms with Gasteiger partial charge in [-0.1, -0.05) is 0 Å². The van der Waals surface area contributed by atoms with Crippen LogP contribution in [0.2, 0.25) is 0 Å². The third-order valence-electron chi connectivity index (χ3n) is 0. The Morgan fingerprint density at radius 1 is 1.25 bits per heavy atom. The van der Waals surface area contributed by atoms with Gasteiger partial charge in [-0.05, 0) is 0 Å². The fraction of sp³-hybridized carbons (Fsp3) is 0. The second-order valence-corrected chi connectivity index (χ2v) is 0. The summed E-state index contributed by atoms with van der Waals surface area (Å²) in [4.78, 5) is 0. The molecule has 0 saturated carbocycles. The molecule has 0 aliphatic carbocycles. The molecule has 0 bridgehead atoms. The molecule has 0 radical (unpaired) electrons. The van der Waals surface area contributed by atoms with E-state index in [9.17, 15) is 0 Å². The first-order valence-corrected chi connectivity index (χ1v) is 0. The maximum absolute atomic E-state index is 0. The predicted octanol–water partition coefficient (Wildman–Crippen LogP) is -2.95. The SMILES string of the molecule is [BiH3].[Ca+2].[H-].[H-].[H-].[H-].[PbH4].[Sr+2]. The molecule has 0 heterocycles. The molecule has 0 spiro atoms. The van der Waals surface area contributed by atoms with Gasteiger partial charge in [0.15, 0.2) is 0 Å². The Balaban J connectivity index is 0. The Hall–Kier alpha value is 4.55. The summed E-state index contributed by atoms with van der Waals surface area (Å²) in [6.45, 7) is 0. The standard InChI is InChI=1S/Bi.Ca.Pb.Sr.11H/q;+2;;+2;;;;;;;;4*-1. The van der Waals surface area contributed by atoms with Gasteiger partial charge in [0, 0.05) is 0 Å². The molecule has 0 aromatic carbocycles. The van der Waals surface area contributed by atoms with Crippen LogP contribution < -0.4 is 0 Å². The monoisotopic (exact) mass is 556 g/mol. The molecule has 0 fully saturated rings. The van der Waals surface area contributed by atoms with E-state index in [1.54, 1.807) is 0 Å². The van der Waals surface area contributed by atoms with Gasteiger partial charge in [0.2, 0.25) is 0 Å². The summed E-state index contributed by atoms with van der Waals surface area (Å²) < 4.78 is 0. The van der Waals surface area contributed by atoms with Gasteiger partial charge < -0.3 is 5.71 Å². The van der Waals surface area contributed by atoms with Gasteiger partial charge in [-0.2, -0.15) is 0 Å². The van der Waals surface area contributed by atoms with Crippen molar-refractivity contribution in [2.45, 2.75) is 0 Å². The minimum absolute atomic E-state index is 0. The molecule has 0 amide bonds. The first kappa shape index (κ1) is 23.5. The van der Waals surface area contributed by atoms with Gasteiger partial charge >= 0.3 is 137 Å². The van der Waals surface area contributed by atoms with Gasteiger partial charge in [0.25, 0.3) is 0 Å². The summed E-state index contributed by atoms with van der Waals surface area (Å²) in [5, 5.41) is 0. The fourth-order valence-electron chi connectivity index (χ4n) is 0. The molecule has 0 aromatic rings. The van der Waals surface area contributed by atoms with Crippen molar-refractivity contribution in [2.24, 2.45) is 0 Å². The van der Waals surface area contributed by atoms with Crippen LogP contribution >= 0.6 is 0 Å². The van der Waals surface area contributed by atoms with Gasteiger partial charge in [-0.15, -0.1) is 0 Å². The Morgan fingerprint density at radius 3 is 1.25 bits per heavy atom. The smallest absolute Gasteiger partial charge is 2.00 e. The average molecular weight is 555 g/mol. The molecule has 0 aromatic heterocycles. The topological polar surface area (TPSA) is 0 Å². The summed E-state index contributed by atoms with van der Waals surface area (Å²) >= 11 is 0. The van der Waals surface area contributed by atoms with Crippen LogP contribution in [0.4, 0.5) is 0 Å². The van der Waals surface area contributed by atoms with Crippen LogP contribution in [-0.2, 0) is 0 Å². The second kappa shape index (κ2) is 15.6. The molecule has 0 nitrogen and oxygen atoms in total. The van der Waals surface area contributed by atoms with Crippen molar-refractivity contribution in [3.63, 3.8) is 0 Å². The molecule has 0 saturated heterocycles. The van der Waals surface area contributed by atoms with Crippen molar-refractivity contribution in [3.8, 4) is 0 Å². The first-order chi connectivity index (χ1) is 0. The Labute approximate surface area is 138 Å². The van der Waals surface area contributed by atoms with Crippen LogP contribution in [0, 0.1) is 0 Å². The molecule has 0 aliphatic rings. The Bertz CT molecular complexity index is 16.0. The summed E-state index contributed by atoms with van der Waals surface area (Å²) in [6, 6.07) is 0. The van der Waals surface area contributed by atoms with E-state index >= 15 is 0 Å². The van der Waals surface area contributed by atoms with E-state index in [1.807, 2.05) is 0 Å². The molecule has 4 heteroatoms. The van der Waals surface area contributed by atoms with Gasteiger partial charge in [-0.25, -0.2) is 0 Å². The zero-order valence-corrected chi connectivity index (χ0v) is 13.3. The first-order valence-electron chi connectivity index (χ1n) is 0. The maximum Gasteiger partial charge on any atom is 2.00 e. The van der Waals surface area contributed by atoms with Crippen LogP contribution in [0.1, 0.15) is 5.71 Å². The van der Waals surface area contributed by atoms with Crippen molar-refractivity contribution in [1.29, 1.82) is 0 Å². The van der Waals surface area contributed by atoms with Crippen LogP contribution in [0.15, 0.2) is 0 Å².